The number of piperazine rings is 1. The molecule has 0 radical (unpaired) electrons. The predicted molar refractivity (Wildman–Crippen MR) is 126 cm³/mol. The van der Waals surface area contributed by atoms with Crippen molar-refractivity contribution in [3.05, 3.63) is 77.0 Å². The molecule has 2 fully saturated rings. The van der Waals surface area contributed by atoms with Crippen LogP contribution in [0.2, 0.25) is 0 Å². The van der Waals surface area contributed by atoms with Crippen molar-refractivity contribution in [2.24, 2.45) is 0 Å². The van der Waals surface area contributed by atoms with Gasteiger partial charge in [0.2, 0.25) is 0 Å². The Kier molecular flexibility index (Phi) is 5.41. The summed E-state index contributed by atoms with van der Waals surface area (Å²) in [4.78, 5) is 34.9. The van der Waals surface area contributed by atoms with Crippen LogP contribution in [-0.2, 0) is 0 Å². The molecule has 1 saturated heterocycles. The summed E-state index contributed by atoms with van der Waals surface area (Å²) in [5.74, 6) is 1.01. The Morgan fingerprint density at radius 1 is 0.875 bits per heavy atom. The fraction of sp³-hybridized carbons (Fsp3) is 0.370. The topological polar surface area (TPSA) is 53.5 Å². The van der Waals surface area contributed by atoms with Crippen molar-refractivity contribution in [1.82, 2.24) is 14.8 Å². The van der Waals surface area contributed by atoms with Gasteiger partial charge in [0.05, 0.1) is 11.1 Å². The fourth-order valence-corrected chi connectivity index (χ4v) is 4.44. The van der Waals surface area contributed by atoms with Crippen LogP contribution in [0, 0.1) is 0 Å². The zero-order chi connectivity index (χ0) is 22.2. The molecule has 1 saturated carbocycles. The van der Waals surface area contributed by atoms with Gasteiger partial charge in [0.15, 0.2) is 0 Å². The number of nitrogens with zero attached hydrogens (tertiary/aromatic N) is 3. The lowest BCUT2D eigenvalue weighted by Gasteiger charge is -2.35. The number of carbonyl (C=O) groups is 2. The van der Waals surface area contributed by atoms with Crippen LogP contribution in [0.3, 0.4) is 0 Å². The molecule has 5 rings (SSSR count). The average molecular weight is 428 g/mol. The van der Waals surface area contributed by atoms with Gasteiger partial charge >= 0.3 is 0 Å². The lowest BCUT2D eigenvalue weighted by atomic mass is 10.0. The molecule has 0 unspecified atom stereocenters. The van der Waals surface area contributed by atoms with Gasteiger partial charge in [-0.05, 0) is 48.6 Å². The summed E-state index contributed by atoms with van der Waals surface area (Å²) in [7, 11) is 0. The minimum absolute atomic E-state index is 0.0396. The van der Waals surface area contributed by atoms with Crippen molar-refractivity contribution < 1.29 is 9.59 Å². The maximum absolute atomic E-state index is 13.5. The number of rotatable bonds is 4. The zero-order valence-corrected chi connectivity index (χ0v) is 18.8. The third-order valence-corrected chi connectivity index (χ3v) is 6.64. The Balaban J connectivity index is 1.30. The molecule has 0 spiro atoms. The van der Waals surface area contributed by atoms with E-state index in [0.717, 1.165) is 35.0 Å². The Morgan fingerprint density at radius 2 is 1.50 bits per heavy atom. The van der Waals surface area contributed by atoms with Gasteiger partial charge in [0.1, 0.15) is 0 Å². The van der Waals surface area contributed by atoms with E-state index in [9.17, 15) is 9.59 Å². The molecule has 1 aliphatic carbocycles. The number of hydrogen-bond donors (Lipinski definition) is 0. The number of fused-ring (bicyclic) bond motifs is 1. The number of amides is 2. The van der Waals surface area contributed by atoms with E-state index < -0.39 is 0 Å². The lowest BCUT2D eigenvalue weighted by molar-refractivity contribution is 0.0536. The highest BCUT2D eigenvalue weighted by Gasteiger charge is 2.30. The molecule has 2 aliphatic rings. The van der Waals surface area contributed by atoms with Crippen LogP contribution in [0.25, 0.3) is 10.9 Å². The number of benzene rings is 2. The Morgan fingerprint density at radius 3 is 2.12 bits per heavy atom. The Hall–Kier alpha value is -3.21. The van der Waals surface area contributed by atoms with Gasteiger partial charge in [0, 0.05) is 48.7 Å². The quantitative estimate of drug-likeness (QED) is 0.599. The second-order valence-corrected chi connectivity index (χ2v) is 9.25. The molecule has 164 valence electrons. The Bertz CT molecular complexity index is 1160. The normalized spacial score (nSPS) is 16.6. The first-order chi connectivity index (χ1) is 15.5. The molecule has 2 aromatic carbocycles. The summed E-state index contributed by atoms with van der Waals surface area (Å²) >= 11 is 0. The lowest BCUT2D eigenvalue weighted by Crippen LogP contribution is -2.50. The largest absolute Gasteiger partial charge is 0.335 e. The number of hydrogen-bond acceptors (Lipinski definition) is 3. The Labute approximate surface area is 189 Å². The minimum Gasteiger partial charge on any atom is -0.335 e. The van der Waals surface area contributed by atoms with E-state index in [1.807, 2.05) is 64.4 Å². The molecule has 0 N–H and O–H groups in total. The summed E-state index contributed by atoms with van der Waals surface area (Å²) in [5, 5.41) is 0.908. The van der Waals surface area contributed by atoms with Gasteiger partial charge in [0.25, 0.3) is 11.8 Å². The second-order valence-electron chi connectivity index (χ2n) is 9.25. The highest BCUT2D eigenvalue weighted by atomic mass is 16.2. The summed E-state index contributed by atoms with van der Waals surface area (Å²) in [6.07, 6.45) is 2.30. The molecule has 3 aromatic rings. The van der Waals surface area contributed by atoms with Crippen LogP contribution in [0.4, 0.5) is 0 Å². The molecular formula is C27H29N3O2. The first kappa shape index (κ1) is 20.7. The standard InChI is InChI=1S/C27H29N3O2/c1-18(2)19-7-11-21(12-8-19)26(31)29-13-15-30(16-14-29)27(32)23-17-25(20-9-10-20)28-24-6-4-3-5-22(23)24/h3-8,11-12,17-18,20H,9-10,13-16H2,1-2H3. The van der Waals surface area contributed by atoms with Crippen LogP contribution in [0.5, 0.6) is 0 Å². The van der Waals surface area contributed by atoms with Gasteiger partial charge in [-0.25, -0.2) is 0 Å². The van der Waals surface area contributed by atoms with Crippen LogP contribution >= 0.6 is 0 Å². The number of carbonyl (C=O) groups excluding carboxylic acids is 2. The molecule has 2 heterocycles. The third kappa shape index (κ3) is 3.99. The van der Waals surface area contributed by atoms with Crippen molar-refractivity contribution >= 4 is 22.7 Å². The van der Waals surface area contributed by atoms with Gasteiger partial charge in [-0.3, -0.25) is 14.6 Å². The van der Waals surface area contributed by atoms with Crippen LogP contribution in [0.1, 0.15) is 70.5 Å². The van der Waals surface area contributed by atoms with Crippen LogP contribution in [0.15, 0.2) is 54.6 Å². The van der Waals surface area contributed by atoms with Crippen molar-refractivity contribution in [2.45, 2.75) is 38.5 Å². The number of pyridine rings is 1. The van der Waals surface area contributed by atoms with Gasteiger partial charge in [-0.15, -0.1) is 0 Å². The third-order valence-electron chi connectivity index (χ3n) is 6.64. The molecular weight excluding hydrogens is 398 g/mol. The van der Waals surface area contributed by atoms with E-state index in [1.54, 1.807) is 0 Å². The van der Waals surface area contributed by atoms with Crippen molar-refractivity contribution in [3.8, 4) is 0 Å². The highest BCUT2D eigenvalue weighted by Crippen LogP contribution is 2.40. The number of para-hydroxylation sites is 1. The van der Waals surface area contributed by atoms with E-state index in [0.29, 0.717) is 43.6 Å². The second kappa shape index (κ2) is 8.38. The molecule has 0 atom stereocenters. The van der Waals surface area contributed by atoms with E-state index in [4.69, 9.17) is 4.98 Å². The van der Waals surface area contributed by atoms with Crippen molar-refractivity contribution in [3.63, 3.8) is 0 Å². The van der Waals surface area contributed by atoms with E-state index >= 15 is 0 Å². The maximum Gasteiger partial charge on any atom is 0.254 e. The fourth-order valence-electron chi connectivity index (χ4n) is 4.44. The monoisotopic (exact) mass is 427 g/mol. The summed E-state index contributed by atoms with van der Waals surface area (Å²) < 4.78 is 0. The molecule has 0 bridgehead atoms. The minimum atomic E-state index is 0.0396. The smallest absolute Gasteiger partial charge is 0.254 e. The molecule has 32 heavy (non-hydrogen) atoms. The maximum atomic E-state index is 13.5. The van der Waals surface area contributed by atoms with Gasteiger partial charge < -0.3 is 9.80 Å². The molecule has 1 aliphatic heterocycles. The SMILES string of the molecule is CC(C)c1ccc(C(=O)N2CCN(C(=O)c3cc(C4CC4)nc4ccccc34)CC2)cc1. The first-order valence-electron chi connectivity index (χ1n) is 11.6. The molecule has 2 amide bonds. The first-order valence-corrected chi connectivity index (χ1v) is 11.6. The summed E-state index contributed by atoms with van der Waals surface area (Å²) in [6.45, 7) is 6.48. The van der Waals surface area contributed by atoms with Gasteiger partial charge in [-0.1, -0.05) is 44.2 Å². The molecule has 1 aromatic heterocycles. The van der Waals surface area contributed by atoms with E-state index in [-0.39, 0.29) is 11.8 Å². The van der Waals surface area contributed by atoms with Crippen molar-refractivity contribution in [1.29, 1.82) is 0 Å². The van der Waals surface area contributed by atoms with Crippen LogP contribution in [-0.4, -0.2) is 52.8 Å². The summed E-state index contributed by atoms with van der Waals surface area (Å²) in [6, 6.07) is 17.8. The number of aromatic nitrogens is 1. The molecule has 5 heteroatoms. The predicted octanol–water partition coefficient (Wildman–Crippen LogP) is 4.83. The van der Waals surface area contributed by atoms with Gasteiger partial charge in [-0.2, -0.15) is 0 Å². The van der Waals surface area contributed by atoms with E-state index in [1.165, 1.54) is 5.56 Å². The average Bonchev–Trinajstić information content (AvgIpc) is 3.68. The summed E-state index contributed by atoms with van der Waals surface area (Å²) in [5.41, 5.74) is 4.60. The van der Waals surface area contributed by atoms with Crippen molar-refractivity contribution in [2.75, 3.05) is 26.2 Å². The highest BCUT2D eigenvalue weighted by molar-refractivity contribution is 6.06. The van der Waals surface area contributed by atoms with Crippen LogP contribution < -0.4 is 0 Å². The molecule has 5 nitrogen and oxygen atoms in total. The zero-order valence-electron chi connectivity index (χ0n) is 18.8. The van der Waals surface area contributed by atoms with E-state index in [2.05, 4.69) is 13.8 Å².